The molecule has 1 saturated heterocycles. The maximum atomic E-state index is 12.4. The molecule has 5 nitrogen and oxygen atoms in total. The molecular weight excluding hydrogens is 316 g/mol. The zero-order valence-electron chi connectivity index (χ0n) is 15.0. The van der Waals surface area contributed by atoms with Crippen LogP contribution in [-0.4, -0.2) is 41.6 Å². The van der Waals surface area contributed by atoms with Gasteiger partial charge < -0.3 is 14.7 Å². The lowest BCUT2D eigenvalue weighted by molar-refractivity contribution is -0.115. The predicted octanol–water partition coefficient (Wildman–Crippen LogP) is 2.77. The van der Waals surface area contributed by atoms with Crippen molar-refractivity contribution in [2.45, 2.75) is 44.3 Å². The van der Waals surface area contributed by atoms with E-state index < -0.39 is 12.0 Å². The van der Waals surface area contributed by atoms with Crippen LogP contribution in [0, 0.1) is 11.3 Å². The molecule has 132 valence electrons. The monoisotopic (exact) mass is 340 g/mol. The van der Waals surface area contributed by atoms with Crippen molar-refractivity contribution in [3.8, 4) is 6.07 Å². The fourth-order valence-corrected chi connectivity index (χ4v) is 3.58. The van der Waals surface area contributed by atoms with Crippen molar-refractivity contribution in [3.05, 3.63) is 41.0 Å². The van der Waals surface area contributed by atoms with Gasteiger partial charge in [0.15, 0.2) is 5.78 Å². The summed E-state index contributed by atoms with van der Waals surface area (Å²) in [6.07, 6.45) is 2.75. The fraction of sp³-hybridized carbons (Fsp3) is 0.500. The molecular formula is C20H24N2O3. The second-order valence-electron chi connectivity index (χ2n) is 7.16. The van der Waals surface area contributed by atoms with Crippen molar-refractivity contribution in [2.75, 3.05) is 20.2 Å². The average Bonchev–Trinajstić information content (AvgIpc) is 2.61. The molecule has 1 N–H and O–H groups in total. The third-order valence-corrected chi connectivity index (χ3v) is 5.49. The summed E-state index contributed by atoms with van der Waals surface area (Å²) in [5.74, 6) is -0.939. The molecule has 2 atom stereocenters. The number of aliphatic hydroxyl groups is 1. The van der Waals surface area contributed by atoms with Gasteiger partial charge in [0, 0.05) is 37.5 Å². The number of nitriles is 1. The highest BCUT2D eigenvalue weighted by molar-refractivity contribution is 6.06. The Morgan fingerprint density at radius 2 is 2.08 bits per heavy atom. The molecule has 0 spiro atoms. The third kappa shape index (κ3) is 3.20. The lowest BCUT2D eigenvalue weighted by Gasteiger charge is -2.41. The number of nitrogens with zero attached hydrogens (tertiary/aromatic N) is 2. The van der Waals surface area contributed by atoms with Gasteiger partial charge in [-0.2, -0.15) is 5.26 Å². The number of rotatable bonds is 3. The lowest BCUT2D eigenvalue weighted by atomic mass is 9.82. The molecule has 3 rings (SSSR count). The molecule has 1 aromatic rings. The highest BCUT2D eigenvalue weighted by atomic mass is 16.5. The van der Waals surface area contributed by atoms with Gasteiger partial charge in [-0.3, -0.25) is 4.79 Å². The number of hydrogen-bond donors (Lipinski definition) is 1. The molecule has 25 heavy (non-hydrogen) atoms. The van der Waals surface area contributed by atoms with E-state index in [4.69, 9.17) is 4.74 Å². The van der Waals surface area contributed by atoms with Crippen LogP contribution in [0.15, 0.2) is 24.3 Å². The number of likely N-dealkylation sites (tertiary alicyclic amines) is 1. The summed E-state index contributed by atoms with van der Waals surface area (Å²) in [4.78, 5) is 14.6. The molecule has 0 aromatic heterocycles. The fourth-order valence-electron chi connectivity index (χ4n) is 3.58. The Kier molecular flexibility index (Phi) is 4.68. The number of carbonyl (C=O) groups is 1. The molecule has 1 aliphatic carbocycles. The van der Waals surface area contributed by atoms with Gasteiger partial charge in [0.25, 0.3) is 0 Å². The summed E-state index contributed by atoms with van der Waals surface area (Å²) in [6, 6.07) is 7.62. The Hall–Kier alpha value is -2.16. The molecule has 0 radical (unpaired) electrons. The van der Waals surface area contributed by atoms with E-state index in [0.717, 1.165) is 48.3 Å². The number of methoxy groups -OCH3 is 1. The van der Waals surface area contributed by atoms with E-state index >= 15 is 0 Å². The van der Waals surface area contributed by atoms with Crippen molar-refractivity contribution in [1.82, 2.24) is 4.90 Å². The SMILES string of the molecule is COC1(C)CCN(C2=CC(=O)C(C#N)c3ccc(C(C)O)cc32)CC1. The minimum atomic E-state index is -0.768. The Bertz CT molecular complexity index is 753. The smallest absolute Gasteiger partial charge is 0.179 e. The van der Waals surface area contributed by atoms with Crippen molar-refractivity contribution in [3.63, 3.8) is 0 Å². The number of carbonyl (C=O) groups excluding carboxylic acids is 1. The van der Waals surface area contributed by atoms with Gasteiger partial charge in [0.2, 0.25) is 0 Å². The maximum Gasteiger partial charge on any atom is 0.179 e. The van der Waals surface area contributed by atoms with Crippen LogP contribution in [0.4, 0.5) is 0 Å². The summed E-state index contributed by atoms with van der Waals surface area (Å²) in [7, 11) is 1.74. The van der Waals surface area contributed by atoms with Crippen molar-refractivity contribution in [1.29, 1.82) is 5.26 Å². The van der Waals surface area contributed by atoms with Crippen molar-refractivity contribution in [2.24, 2.45) is 0 Å². The second-order valence-corrected chi connectivity index (χ2v) is 7.16. The van der Waals surface area contributed by atoms with E-state index in [0.29, 0.717) is 0 Å². The average molecular weight is 340 g/mol. The highest BCUT2D eigenvalue weighted by Crippen LogP contribution is 2.38. The van der Waals surface area contributed by atoms with Gasteiger partial charge in [-0.1, -0.05) is 12.1 Å². The maximum absolute atomic E-state index is 12.4. The minimum absolute atomic E-state index is 0.130. The number of ether oxygens (including phenoxy) is 1. The van der Waals surface area contributed by atoms with Crippen LogP contribution in [-0.2, 0) is 9.53 Å². The topological polar surface area (TPSA) is 73.6 Å². The van der Waals surface area contributed by atoms with E-state index in [1.807, 2.05) is 6.07 Å². The molecule has 2 unspecified atom stereocenters. The molecule has 1 fully saturated rings. The molecule has 1 aliphatic heterocycles. The summed E-state index contributed by atoms with van der Waals surface area (Å²) in [5, 5.41) is 19.3. The van der Waals surface area contributed by atoms with Crippen LogP contribution in [0.5, 0.6) is 0 Å². The van der Waals surface area contributed by atoms with Gasteiger partial charge in [-0.25, -0.2) is 0 Å². The predicted molar refractivity (Wildman–Crippen MR) is 94.6 cm³/mol. The molecule has 0 amide bonds. The number of benzene rings is 1. The van der Waals surface area contributed by atoms with E-state index in [1.54, 1.807) is 32.2 Å². The van der Waals surface area contributed by atoms with E-state index in [1.165, 1.54) is 0 Å². The zero-order valence-corrected chi connectivity index (χ0v) is 15.0. The van der Waals surface area contributed by atoms with E-state index in [-0.39, 0.29) is 11.4 Å². The number of allylic oxidation sites excluding steroid dienone is 1. The van der Waals surface area contributed by atoms with Crippen LogP contribution in [0.25, 0.3) is 5.70 Å². The van der Waals surface area contributed by atoms with Gasteiger partial charge in [-0.05, 0) is 43.9 Å². The number of piperidine rings is 1. The van der Waals surface area contributed by atoms with Gasteiger partial charge in [0.05, 0.1) is 17.8 Å². The third-order valence-electron chi connectivity index (χ3n) is 5.49. The molecule has 0 bridgehead atoms. The first-order valence-electron chi connectivity index (χ1n) is 8.66. The number of hydrogen-bond acceptors (Lipinski definition) is 5. The van der Waals surface area contributed by atoms with Crippen LogP contribution in [0.2, 0.25) is 0 Å². The van der Waals surface area contributed by atoms with E-state index in [2.05, 4.69) is 17.9 Å². The molecule has 0 saturated carbocycles. The number of aliphatic hydroxyl groups excluding tert-OH is 1. The largest absolute Gasteiger partial charge is 0.389 e. The van der Waals surface area contributed by atoms with Crippen LogP contribution >= 0.6 is 0 Å². The standard InChI is InChI=1S/C20H24N2O3/c1-13(23)14-4-5-15-16(10-14)18(11-19(24)17(15)12-21)22-8-6-20(2,25-3)7-9-22/h4-5,10-11,13,17,23H,6-9H2,1-3H3. The lowest BCUT2D eigenvalue weighted by Crippen LogP contribution is -2.43. The Morgan fingerprint density at radius 1 is 1.40 bits per heavy atom. The molecule has 1 heterocycles. The first kappa shape index (κ1) is 17.7. The Balaban J connectivity index is 1.99. The normalized spacial score (nSPS) is 23.5. The number of fused-ring (bicyclic) bond motifs is 1. The van der Waals surface area contributed by atoms with E-state index in [9.17, 15) is 15.2 Å². The summed E-state index contributed by atoms with van der Waals surface area (Å²) < 4.78 is 5.60. The number of ketones is 1. The van der Waals surface area contributed by atoms with Gasteiger partial charge in [-0.15, -0.1) is 0 Å². The summed E-state index contributed by atoms with van der Waals surface area (Å²) in [5.41, 5.74) is 3.12. The molecule has 2 aliphatic rings. The quantitative estimate of drug-likeness (QED) is 0.916. The first-order valence-corrected chi connectivity index (χ1v) is 8.66. The van der Waals surface area contributed by atoms with Crippen molar-refractivity contribution < 1.29 is 14.6 Å². The Morgan fingerprint density at radius 3 is 2.64 bits per heavy atom. The molecule has 1 aromatic carbocycles. The van der Waals surface area contributed by atoms with Gasteiger partial charge >= 0.3 is 0 Å². The Labute approximate surface area is 148 Å². The van der Waals surface area contributed by atoms with Crippen LogP contribution in [0.1, 0.15) is 55.4 Å². The van der Waals surface area contributed by atoms with Gasteiger partial charge in [0.1, 0.15) is 5.92 Å². The molecule has 5 heteroatoms. The second kappa shape index (κ2) is 6.62. The summed E-state index contributed by atoms with van der Waals surface area (Å²) in [6.45, 7) is 5.40. The first-order chi connectivity index (χ1) is 11.9. The van der Waals surface area contributed by atoms with Crippen LogP contribution < -0.4 is 0 Å². The summed E-state index contributed by atoms with van der Waals surface area (Å²) >= 11 is 0. The highest BCUT2D eigenvalue weighted by Gasteiger charge is 2.35. The van der Waals surface area contributed by atoms with Crippen molar-refractivity contribution >= 4 is 11.5 Å². The minimum Gasteiger partial charge on any atom is -0.389 e. The zero-order chi connectivity index (χ0) is 18.2. The van der Waals surface area contributed by atoms with Crippen LogP contribution in [0.3, 0.4) is 0 Å².